The highest BCUT2D eigenvalue weighted by Gasteiger charge is 2.04. The molecule has 3 nitrogen and oxygen atoms in total. The standard InChI is InChI=1S/C14H15BrN2OS/c1-10-4-5-13(12(15)7-10)16-9-14(18)17-8-11-3-2-6-19-11/h2-7,16H,8-9H2,1H3,(H,17,18). The molecule has 0 aliphatic heterocycles. The van der Waals surface area contributed by atoms with Crippen molar-refractivity contribution in [3.8, 4) is 0 Å². The second kappa shape index (κ2) is 6.73. The zero-order chi connectivity index (χ0) is 13.7. The van der Waals surface area contributed by atoms with Crippen LogP contribution in [0.2, 0.25) is 0 Å². The smallest absolute Gasteiger partial charge is 0.239 e. The average Bonchev–Trinajstić information content (AvgIpc) is 2.88. The lowest BCUT2D eigenvalue weighted by Gasteiger charge is -2.09. The van der Waals surface area contributed by atoms with E-state index in [1.54, 1.807) is 11.3 Å². The van der Waals surface area contributed by atoms with Crippen LogP contribution < -0.4 is 10.6 Å². The summed E-state index contributed by atoms with van der Waals surface area (Å²) in [5, 5.41) is 8.00. The van der Waals surface area contributed by atoms with Crippen LogP contribution in [0.15, 0.2) is 40.2 Å². The molecule has 5 heteroatoms. The van der Waals surface area contributed by atoms with E-state index in [1.165, 1.54) is 5.56 Å². The van der Waals surface area contributed by atoms with Gasteiger partial charge in [0, 0.05) is 15.0 Å². The first-order chi connectivity index (χ1) is 9.15. The van der Waals surface area contributed by atoms with Crippen LogP contribution in [0, 0.1) is 6.92 Å². The summed E-state index contributed by atoms with van der Waals surface area (Å²) >= 11 is 5.12. The maximum absolute atomic E-state index is 11.7. The SMILES string of the molecule is Cc1ccc(NCC(=O)NCc2cccs2)c(Br)c1. The first kappa shape index (κ1) is 14.1. The van der Waals surface area contributed by atoms with Crippen molar-refractivity contribution in [3.63, 3.8) is 0 Å². The predicted molar refractivity (Wildman–Crippen MR) is 83.5 cm³/mol. The zero-order valence-electron chi connectivity index (χ0n) is 10.6. The lowest BCUT2D eigenvalue weighted by molar-refractivity contribution is -0.119. The minimum atomic E-state index is -0.0131. The van der Waals surface area contributed by atoms with E-state index in [-0.39, 0.29) is 12.5 Å². The van der Waals surface area contributed by atoms with Crippen LogP contribution in [0.25, 0.3) is 0 Å². The summed E-state index contributed by atoms with van der Waals surface area (Å²) in [6.45, 7) is 2.89. The molecule has 2 N–H and O–H groups in total. The highest BCUT2D eigenvalue weighted by atomic mass is 79.9. The highest BCUT2D eigenvalue weighted by Crippen LogP contribution is 2.22. The molecule has 0 spiro atoms. The number of amides is 1. The number of hydrogen-bond donors (Lipinski definition) is 2. The largest absolute Gasteiger partial charge is 0.375 e. The van der Waals surface area contributed by atoms with E-state index >= 15 is 0 Å². The van der Waals surface area contributed by atoms with Crippen LogP contribution in [-0.2, 0) is 11.3 Å². The van der Waals surface area contributed by atoms with Gasteiger partial charge < -0.3 is 10.6 Å². The van der Waals surface area contributed by atoms with E-state index in [1.807, 2.05) is 42.6 Å². The van der Waals surface area contributed by atoms with Crippen molar-refractivity contribution in [2.75, 3.05) is 11.9 Å². The molecule has 0 aliphatic rings. The third-order valence-corrected chi connectivity index (χ3v) is 4.14. The summed E-state index contributed by atoms with van der Waals surface area (Å²) in [5.74, 6) is -0.0131. The maximum Gasteiger partial charge on any atom is 0.239 e. The van der Waals surface area contributed by atoms with Crippen LogP contribution in [0.1, 0.15) is 10.4 Å². The van der Waals surface area contributed by atoms with Gasteiger partial charge in [-0.15, -0.1) is 11.3 Å². The number of benzene rings is 1. The molecule has 1 aromatic carbocycles. The van der Waals surface area contributed by atoms with Crippen LogP contribution in [0.5, 0.6) is 0 Å². The average molecular weight is 339 g/mol. The first-order valence-corrected chi connectivity index (χ1v) is 7.61. The lowest BCUT2D eigenvalue weighted by Crippen LogP contribution is -2.29. The Bertz CT molecular complexity index is 555. The molecule has 0 fully saturated rings. The van der Waals surface area contributed by atoms with E-state index in [0.717, 1.165) is 15.0 Å². The molecule has 0 saturated carbocycles. The molecule has 1 heterocycles. The normalized spacial score (nSPS) is 10.2. The molecule has 19 heavy (non-hydrogen) atoms. The third kappa shape index (κ3) is 4.36. The van der Waals surface area contributed by atoms with Gasteiger partial charge in [0.15, 0.2) is 0 Å². The Morgan fingerprint density at radius 2 is 2.21 bits per heavy atom. The Balaban J connectivity index is 1.80. The number of carbonyl (C=O) groups is 1. The molecule has 1 amide bonds. The Hall–Kier alpha value is -1.33. The van der Waals surface area contributed by atoms with E-state index in [0.29, 0.717) is 6.54 Å². The van der Waals surface area contributed by atoms with Gasteiger partial charge in [-0.2, -0.15) is 0 Å². The monoisotopic (exact) mass is 338 g/mol. The van der Waals surface area contributed by atoms with Gasteiger partial charge in [0.25, 0.3) is 0 Å². The van der Waals surface area contributed by atoms with Gasteiger partial charge in [-0.25, -0.2) is 0 Å². The maximum atomic E-state index is 11.7. The summed E-state index contributed by atoms with van der Waals surface area (Å²) in [7, 11) is 0. The van der Waals surface area contributed by atoms with Crippen molar-refractivity contribution in [2.24, 2.45) is 0 Å². The molecule has 2 aromatic rings. The summed E-state index contributed by atoms with van der Waals surface area (Å²) in [4.78, 5) is 12.9. The third-order valence-electron chi connectivity index (χ3n) is 2.60. The van der Waals surface area contributed by atoms with Crippen molar-refractivity contribution in [1.29, 1.82) is 0 Å². The van der Waals surface area contributed by atoms with Crippen LogP contribution in [0.3, 0.4) is 0 Å². The molecule has 0 saturated heterocycles. The highest BCUT2D eigenvalue weighted by molar-refractivity contribution is 9.10. The summed E-state index contributed by atoms with van der Waals surface area (Å²) in [6.07, 6.45) is 0. The van der Waals surface area contributed by atoms with Gasteiger partial charge in [0.2, 0.25) is 5.91 Å². The Morgan fingerprint density at radius 1 is 1.37 bits per heavy atom. The van der Waals surface area contributed by atoms with Crippen LogP contribution in [0.4, 0.5) is 5.69 Å². The Labute approximate surface area is 125 Å². The van der Waals surface area contributed by atoms with E-state index < -0.39 is 0 Å². The first-order valence-electron chi connectivity index (χ1n) is 5.94. The minimum absolute atomic E-state index is 0.0131. The fraction of sp³-hybridized carbons (Fsp3) is 0.214. The molecule has 0 bridgehead atoms. The molecule has 0 aliphatic carbocycles. The fourth-order valence-electron chi connectivity index (χ4n) is 1.60. The summed E-state index contributed by atoms with van der Waals surface area (Å²) in [6, 6.07) is 9.98. The quantitative estimate of drug-likeness (QED) is 0.875. The number of halogens is 1. The molecular formula is C14H15BrN2OS. The second-order valence-corrected chi connectivity index (χ2v) is 6.08. The molecule has 2 rings (SSSR count). The number of nitrogens with one attached hydrogen (secondary N) is 2. The van der Waals surface area contributed by atoms with Gasteiger partial charge in [-0.05, 0) is 52.0 Å². The predicted octanol–water partition coefficient (Wildman–Crippen LogP) is 3.55. The fourth-order valence-corrected chi connectivity index (χ4v) is 2.88. The molecule has 100 valence electrons. The van der Waals surface area contributed by atoms with Gasteiger partial charge in [0.05, 0.1) is 13.1 Å². The van der Waals surface area contributed by atoms with Gasteiger partial charge in [-0.1, -0.05) is 12.1 Å². The van der Waals surface area contributed by atoms with Gasteiger partial charge in [0.1, 0.15) is 0 Å². The Morgan fingerprint density at radius 3 is 2.89 bits per heavy atom. The molecule has 0 radical (unpaired) electrons. The van der Waals surface area contributed by atoms with Crippen molar-refractivity contribution in [1.82, 2.24) is 5.32 Å². The number of aryl methyl sites for hydroxylation is 1. The van der Waals surface area contributed by atoms with Crippen molar-refractivity contribution in [3.05, 3.63) is 50.6 Å². The lowest BCUT2D eigenvalue weighted by atomic mass is 10.2. The van der Waals surface area contributed by atoms with Crippen molar-refractivity contribution >= 4 is 38.9 Å². The number of rotatable bonds is 5. The summed E-state index contributed by atoms with van der Waals surface area (Å²) < 4.78 is 0.971. The summed E-state index contributed by atoms with van der Waals surface area (Å²) in [5.41, 5.74) is 2.11. The van der Waals surface area contributed by atoms with Crippen LogP contribution >= 0.6 is 27.3 Å². The van der Waals surface area contributed by atoms with E-state index in [2.05, 4.69) is 26.6 Å². The molecule has 0 atom stereocenters. The van der Waals surface area contributed by atoms with E-state index in [9.17, 15) is 4.79 Å². The molecule has 0 unspecified atom stereocenters. The van der Waals surface area contributed by atoms with E-state index in [4.69, 9.17) is 0 Å². The minimum Gasteiger partial charge on any atom is -0.375 e. The number of anilines is 1. The number of carbonyl (C=O) groups excluding carboxylic acids is 1. The molecule has 1 aromatic heterocycles. The van der Waals surface area contributed by atoms with Crippen LogP contribution in [-0.4, -0.2) is 12.5 Å². The zero-order valence-corrected chi connectivity index (χ0v) is 13.0. The molecular weight excluding hydrogens is 324 g/mol. The van der Waals surface area contributed by atoms with Gasteiger partial charge in [-0.3, -0.25) is 4.79 Å². The topological polar surface area (TPSA) is 41.1 Å². The van der Waals surface area contributed by atoms with Gasteiger partial charge >= 0.3 is 0 Å². The Kier molecular flexibility index (Phi) is 4.99. The number of hydrogen-bond acceptors (Lipinski definition) is 3. The van der Waals surface area contributed by atoms with Crippen molar-refractivity contribution < 1.29 is 4.79 Å². The van der Waals surface area contributed by atoms with Crippen molar-refractivity contribution in [2.45, 2.75) is 13.5 Å². The number of thiophene rings is 1. The second-order valence-electron chi connectivity index (χ2n) is 4.19.